The molecule has 1 aliphatic rings. The first kappa shape index (κ1) is 18.2. The minimum atomic E-state index is -0.590. The number of carbonyl (C=O) groups is 1. The van der Waals surface area contributed by atoms with Crippen molar-refractivity contribution >= 4 is 17.3 Å². The number of nitro benzene ring substituents is 1. The molecular weight excluding hydrogens is 312 g/mol. The minimum Gasteiger partial charge on any atom is -0.393 e. The quantitative estimate of drug-likeness (QED) is 0.352. The number of nitro groups is 1. The van der Waals surface area contributed by atoms with Gasteiger partial charge in [0, 0.05) is 37.8 Å². The van der Waals surface area contributed by atoms with E-state index in [0.717, 1.165) is 26.1 Å². The number of rotatable bonds is 6. The minimum absolute atomic E-state index is 0.0482. The first-order valence-corrected chi connectivity index (χ1v) is 8.06. The zero-order valence-corrected chi connectivity index (χ0v) is 14.0. The van der Waals surface area contributed by atoms with E-state index in [2.05, 4.69) is 24.1 Å². The first-order valence-electron chi connectivity index (χ1n) is 8.06. The van der Waals surface area contributed by atoms with Gasteiger partial charge in [0.1, 0.15) is 5.69 Å². The number of hydrogen-bond donors (Lipinski definition) is 2. The van der Waals surface area contributed by atoms with Gasteiger partial charge in [-0.2, -0.15) is 0 Å². The topological polar surface area (TPSA) is 111 Å². The maximum atomic E-state index is 12.1. The molecule has 1 amide bonds. The van der Waals surface area contributed by atoms with Crippen LogP contribution in [0.2, 0.25) is 0 Å². The molecule has 0 bridgehead atoms. The number of hydrogen-bond acceptors (Lipinski definition) is 6. The van der Waals surface area contributed by atoms with Crippen molar-refractivity contribution in [1.29, 1.82) is 0 Å². The van der Waals surface area contributed by atoms with E-state index in [-0.39, 0.29) is 35.1 Å². The van der Waals surface area contributed by atoms with E-state index < -0.39 is 4.92 Å². The number of amides is 1. The Morgan fingerprint density at radius 3 is 2.71 bits per heavy atom. The maximum absolute atomic E-state index is 12.1. The summed E-state index contributed by atoms with van der Waals surface area (Å²) >= 11 is 0. The lowest BCUT2D eigenvalue weighted by Gasteiger charge is -2.35. The molecule has 1 heterocycles. The molecule has 132 valence electrons. The van der Waals surface area contributed by atoms with Gasteiger partial charge in [-0.25, -0.2) is 0 Å². The predicted molar refractivity (Wildman–Crippen MR) is 90.9 cm³/mol. The van der Waals surface area contributed by atoms with E-state index in [1.807, 2.05) is 0 Å². The number of carbonyl (C=O) groups excluding carboxylic acids is 1. The second-order valence-electron chi connectivity index (χ2n) is 6.16. The average Bonchev–Trinajstić information content (AvgIpc) is 2.50. The summed E-state index contributed by atoms with van der Waals surface area (Å²) in [5.41, 5.74) is 5.57. The number of nitrogens with one attached hydrogen (secondary N) is 1. The summed E-state index contributed by atoms with van der Waals surface area (Å²) < 4.78 is 5.68. The Bertz CT molecular complexity index is 598. The number of ether oxygens (including phenoxy) is 1. The molecule has 0 aromatic heterocycles. The fourth-order valence-corrected chi connectivity index (χ4v) is 2.92. The summed E-state index contributed by atoms with van der Waals surface area (Å²) in [6.07, 6.45) is 1.25. The van der Waals surface area contributed by atoms with E-state index in [0.29, 0.717) is 6.54 Å². The van der Waals surface area contributed by atoms with Crippen LogP contribution in [0, 0.1) is 10.1 Å². The van der Waals surface area contributed by atoms with E-state index in [1.54, 1.807) is 0 Å². The van der Waals surface area contributed by atoms with Gasteiger partial charge in [0.2, 0.25) is 0 Å². The Morgan fingerprint density at radius 2 is 2.08 bits per heavy atom. The zero-order valence-electron chi connectivity index (χ0n) is 14.0. The molecule has 3 N–H and O–H groups in total. The molecule has 2 rings (SSSR count). The lowest BCUT2D eigenvalue weighted by Crippen LogP contribution is -2.46. The van der Waals surface area contributed by atoms with Gasteiger partial charge in [0.25, 0.3) is 11.6 Å². The van der Waals surface area contributed by atoms with Gasteiger partial charge in [-0.15, -0.1) is 0 Å². The molecule has 1 saturated heterocycles. The SMILES string of the molecule is CC1CN(CCCNC(=O)c2ccc(N)c([N+](=O)[O-])c2)CC(C)O1. The third kappa shape index (κ3) is 4.90. The monoisotopic (exact) mass is 336 g/mol. The van der Waals surface area contributed by atoms with E-state index >= 15 is 0 Å². The van der Waals surface area contributed by atoms with Crippen molar-refractivity contribution in [1.82, 2.24) is 10.2 Å². The zero-order chi connectivity index (χ0) is 17.7. The van der Waals surface area contributed by atoms with E-state index in [9.17, 15) is 14.9 Å². The second-order valence-corrected chi connectivity index (χ2v) is 6.16. The molecule has 0 saturated carbocycles. The van der Waals surface area contributed by atoms with Crippen molar-refractivity contribution in [3.8, 4) is 0 Å². The number of nitrogens with zero attached hydrogens (tertiary/aromatic N) is 2. The van der Waals surface area contributed by atoms with Gasteiger partial charge in [0.05, 0.1) is 17.1 Å². The Hall–Kier alpha value is -2.19. The first-order chi connectivity index (χ1) is 11.4. The van der Waals surface area contributed by atoms with Crippen molar-refractivity contribution in [2.75, 3.05) is 31.9 Å². The van der Waals surface area contributed by atoms with Crippen molar-refractivity contribution in [3.63, 3.8) is 0 Å². The summed E-state index contributed by atoms with van der Waals surface area (Å²) in [6, 6.07) is 4.07. The lowest BCUT2D eigenvalue weighted by atomic mass is 10.1. The second kappa shape index (κ2) is 8.07. The predicted octanol–water partition coefficient (Wildman–Crippen LogP) is 1.41. The molecule has 24 heavy (non-hydrogen) atoms. The van der Waals surface area contributed by atoms with Crippen LogP contribution in [0.15, 0.2) is 18.2 Å². The van der Waals surface area contributed by atoms with Gasteiger partial charge in [-0.3, -0.25) is 19.8 Å². The van der Waals surface area contributed by atoms with Crippen LogP contribution >= 0.6 is 0 Å². The van der Waals surface area contributed by atoms with E-state index in [4.69, 9.17) is 10.5 Å². The van der Waals surface area contributed by atoms with Crippen molar-refractivity contribution in [2.24, 2.45) is 0 Å². The smallest absolute Gasteiger partial charge is 0.292 e. The molecular formula is C16H24N4O4. The molecule has 1 aliphatic heterocycles. The number of anilines is 1. The molecule has 8 heteroatoms. The van der Waals surface area contributed by atoms with Gasteiger partial charge in [-0.1, -0.05) is 0 Å². The number of morpholine rings is 1. The maximum Gasteiger partial charge on any atom is 0.292 e. The Morgan fingerprint density at radius 1 is 1.42 bits per heavy atom. The third-order valence-corrected chi connectivity index (χ3v) is 3.92. The molecule has 0 spiro atoms. The van der Waals surface area contributed by atoms with Crippen LogP contribution in [0.25, 0.3) is 0 Å². The van der Waals surface area contributed by atoms with Crippen LogP contribution in [0.4, 0.5) is 11.4 Å². The highest BCUT2D eigenvalue weighted by molar-refractivity contribution is 5.95. The number of nitrogen functional groups attached to an aromatic ring is 1. The van der Waals surface area contributed by atoms with Gasteiger partial charge in [-0.05, 0) is 32.4 Å². The van der Waals surface area contributed by atoms with Crippen LogP contribution in [0.3, 0.4) is 0 Å². The van der Waals surface area contributed by atoms with Gasteiger partial charge < -0.3 is 15.8 Å². The molecule has 1 fully saturated rings. The normalized spacial score (nSPS) is 21.4. The highest BCUT2D eigenvalue weighted by atomic mass is 16.6. The third-order valence-electron chi connectivity index (χ3n) is 3.92. The molecule has 1 aromatic rings. The average molecular weight is 336 g/mol. The van der Waals surface area contributed by atoms with Crippen LogP contribution < -0.4 is 11.1 Å². The van der Waals surface area contributed by atoms with Crippen LogP contribution in [0.5, 0.6) is 0 Å². The summed E-state index contributed by atoms with van der Waals surface area (Å²) in [4.78, 5) is 24.7. The Kier molecular flexibility index (Phi) is 6.10. The highest BCUT2D eigenvalue weighted by Crippen LogP contribution is 2.22. The molecule has 2 unspecified atom stereocenters. The summed E-state index contributed by atoms with van der Waals surface area (Å²) in [6.45, 7) is 7.28. The number of benzene rings is 1. The molecule has 0 aliphatic carbocycles. The van der Waals surface area contributed by atoms with Gasteiger partial charge in [0.15, 0.2) is 0 Å². The Labute approximate surface area is 141 Å². The van der Waals surface area contributed by atoms with Gasteiger partial charge >= 0.3 is 0 Å². The van der Waals surface area contributed by atoms with Crippen molar-refractivity contribution < 1.29 is 14.5 Å². The number of nitrogens with two attached hydrogens (primary N) is 1. The summed E-state index contributed by atoms with van der Waals surface area (Å²) in [5, 5.41) is 13.6. The van der Waals surface area contributed by atoms with Crippen LogP contribution in [-0.2, 0) is 4.74 Å². The highest BCUT2D eigenvalue weighted by Gasteiger charge is 2.21. The van der Waals surface area contributed by atoms with Crippen molar-refractivity contribution in [2.45, 2.75) is 32.5 Å². The molecule has 1 aromatic carbocycles. The van der Waals surface area contributed by atoms with Crippen LogP contribution in [0.1, 0.15) is 30.6 Å². The fourth-order valence-electron chi connectivity index (χ4n) is 2.92. The molecule has 2 atom stereocenters. The molecule has 0 radical (unpaired) electrons. The largest absolute Gasteiger partial charge is 0.393 e. The summed E-state index contributed by atoms with van der Waals surface area (Å²) in [7, 11) is 0. The fraction of sp³-hybridized carbons (Fsp3) is 0.562. The summed E-state index contributed by atoms with van der Waals surface area (Å²) in [5.74, 6) is -0.332. The Balaban J connectivity index is 1.79. The van der Waals surface area contributed by atoms with Crippen molar-refractivity contribution in [3.05, 3.63) is 33.9 Å². The van der Waals surface area contributed by atoms with E-state index in [1.165, 1.54) is 18.2 Å². The standard InChI is InChI=1S/C16H24N4O4/c1-11-9-19(10-12(2)24-11)7-3-6-18-16(21)13-4-5-14(17)15(8-13)20(22)23/h4-5,8,11-12H,3,6-7,9-10,17H2,1-2H3,(H,18,21). The van der Waals surface area contributed by atoms with Crippen LogP contribution in [-0.4, -0.2) is 54.1 Å². The lowest BCUT2D eigenvalue weighted by molar-refractivity contribution is -0.383. The molecule has 8 nitrogen and oxygen atoms in total.